The van der Waals surface area contributed by atoms with E-state index in [0.29, 0.717) is 0 Å². The van der Waals surface area contributed by atoms with Crippen LogP contribution >= 0.6 is 23.2 Å². The van der Waals surface area contributed by atoms with Crippen LogP contribution in [0.3, 0.4) is 0 Å². The summed E-state index contributed by atoms with van der Waals surface area (Å²) in [7, 11) is -3.64. The Bertz CT molecular complexity index is 1190. The zero-order valence-corrected chi connectivity index (χ0v) is 22.3. The van der Waals surface area contributed by atoms with E-state index >= 15 is 0 Å². The Labute approximate surface area is 199 Å². The van der Waals surface area contributed by atoms with Crippen LogP contribution in [0.2, 0.25) is 28.2 Å². The topological polar surface area (TPSA) is 71.3 Å². The highest BCUT2D eigenvalue weighted by Gasteiger charge is 2.41. The molecule has 0 spiro atoms. The Hall–Kier alpha value is -1.74. The highest BCUT2D eigenvalue weighted by Crippen LogP contribution is 2.45. The molecule has 6 nitrogen and oxygen atoms in total. The van der Waals surface area contributed by atoms with Crippen molar-refractivity contribution in [2.45, 2.75) is 43.8 Å². The van der Waals surface area contributed by atoms with E-state index in [2.05, 4.69) is 16.0 Å². The molecule has 0 aliphatic heterocycles. The van der Waals surface area contributed by atoms with Crippen LogP contribution in [0, 0.1) is 5.82 Å². The van der Waals surface area contributed by atoms with Gasteiger partial charge in [-0.15, -0.1) is 0 Å². The number of halogens is 3. The van der Waals surface area contributed by atoms with Crippen LogP contribution in [-0.2, 0) is 10.0 Å². The molecule has 0 radical (unpaired) electrons. The standard InChI is InChI=1S/C21H26Cl2FN3O3SSi/c1-21(2,3)32(6,7)30-19-17(12-11-14(22)20(19)31(28,29)27(4)5)26-13-25-16-10-8-9-15(24)18(16)23/h8-12H,1-7H3. The summed E-state index contributed by atoms with van der Waals surface area (Å²) in [5.74, 6) is -0.589. The van der Waals surface area contributed by atoms with Gasteiger partial charge in [0.25, 0.3) is 8.32 Å². The van der Waals surface area contributed by atoms with Gasteiger partial charge in [0.05, 0.1) is 10.7 Å². The van der Waals surface area contributed by atoms with Crippen LogP contribution in [0.4, 0.5) is 15.8 Å². The molecule has 0 unspecified atom stereocenters. The summed E-state index contributed by atoms with van der Waals surface area (Å²) in [6, 6.07) is 9.58. The highest BCUT2D eigenvalue weighted by molar-refractivity contribution is 7.89. The molecular weight excluding hydrogens is 492 g/mol. The Morgan fingerprint density at radius 1 is 1.06 bits per heavy atom. The molecule has 0 aromatic heterocycles. The minimum atomic E-state index is -3.96. The molecule has 174 valence electrons. The van der Waals surface area contributed by atoms with E-state index in [1.807, 2.05) is 33.9 Å². The second-order valence-electron chi connectivity index (χ2n) is 8.77. The third-order valence-corrected chi connectivity index (χ3v) is 12.2. The molecular formula is C21H26Cl2FN3O3SSi. The molecule has 2 aromatic carbocycles. The van der Waals surface area contributed by atoms with Gasteiger partial charge in [0, 0.05) is 14.1 Å². The van der Waals surface area contributed by atoms with Gasteiger partial charge < -0.3 is 4.43 Å². The number of hydrogen-bond acceptors (Lipinski definition) is 5. The van der Waals surface area contributed by atoms with Gasteiger partial charge >= 0.3 is 0 Å². The van der Waals surface area contributed by atoms with Crippen molar-refractivity contribution in [3.63, 3.8) is 0 Å². The molecule has 2 aromatic rings. The van der Waals surface area contributed by atoms with Crippen molar-refractivity contribution >= 4 is 58.9 Å². The first kappa shape index (κ1) is 26.5. The fourth-order valence-corrected chi connectivity index (χ4v) is 5.02. The summed E-state index contributed by atoms with van der Waals surface area (Å²) < 4.78 is 47.2. The van der Waals surface area contributed by atoms with Crippen molar-refractivity contribution in [2.24, 2.45) is 9.98 Å². The molecule has 0 saturated carbocycles. The first-order valence-electron chi connectivity index (χ1n) is 9.64. The summed E-state index contributed by atoms with van der Waals surface area (Å²) in [5.41, 5.74) is 0.313. The first-order valence-corrected chi connectivity index (χ1v) is 14.7. The van der Waals surface area contributed by atoms with Gasteiger partial charge in [-0.1, -0.05) is 50.0 Å². The quantitative estimate of drug-likeness (QED) is 0.308. The van der Waals surface area contributed by atoms with E-state index in [1.165, 1.54) is 44.4 Å². The predicted molar refractivity (Wildman–Crippen MR) is 131 cm³/mol. The fraction of sp³-hybridized carbons (Fsp3) is 0.381. The fourth-order valence-electron chi connectivity index (χ4n) is 2.26. The lowest BCUT2D eigenvalue weighted by Gasteiger charge is -2.37. The summed E-state index contributed by atoms with van der Waals surface area (Å²) in [6.07, 6.45) is 0. The van der Waals surface area contributed by atoms with Crippen LogP contribution in [0.25, 0.3) is 0 Å². The lowest BCUT2D eigenvalue weighted by Crippen LogP contribution is -2.44. The van der Waals surface area contributed by atoms with Gasteiger partial charge in [-0.2, -0.15) is 9.98 Å². The molecule has 0 fully saturated rings. The molecule has 0 saturated heterocycles. The van der Waals surface area contributed by atoms with E-state index in [-0.39, 0.29) is 37.1 Å². The van der Waals surface area contributed by atoms with Crippen LogP contribution < -0.4 is 4.43 Å². The van der Waals surface area contributed by atoms with Gasteiger partial charge in [-0.05, 0) is 42.4 Å². The van der Waals surface area contributed by atoms with Crippen molar-refractivity contribution < 1.29 is 17.2 Å². The Balaban J connectivity index is 2.75. The van der Waals surface area contributed by atoms with Crippen LogP contribution in [0.1, 0.15) is 20.8 Å². The van der Waals surface area contributed by atoms with Crippen LogP contribution in [0.5, 0.6) is 5.75 Å². The Morgan fingerprint density at radius 3 is 2.22 bits per heavy atom. The minimum Gasteiger partial charge on any atom is -0.541 e. The molecule has 0 bridgehead atoms. The Morgan fingerprint density at radius 2 is 1.66 bits per heavy atom. The third-order valence-electron chi connectivity index (χ3n) is 5.22. The van der Waals surface area contributed by atoms with E-state index < -0.39 is 24.2 Å². The van der Waals surface area contributed by atoms with Gasteiger partial charge in [0.2, 0.25) is 10.0 Å². The maximum absolute atomic E-state index is 13.6. The minimum absolute atomic E-state index is 0.0106. The average molecular weight is 519 g/mol. The Kier molecular flexibility index (Phi) is 7.98. The van der Waals surface area contributed by atoms with E-state index in [1.54, 1.807) is 0 Å². The third kappa shape index (κ3) is 5.59. The van der Waals surface area contributed by atoms with Crippen molar-refractivity contribution in [1.82, 2.24) is 4.31 Å². The van der Waals surface area contributed by atoms with Crippen molar-refractivity contribution in [1.29, 1.82) is 0 Å². The smallest absolute Gasteiger partial charge is 0.250 e. The van der Waals surface area contributed by atoms with Crippen molar-refractivity contribution in [2.75, 3.05) is 14.1 Å². The molecule has 0 aliphatic rings. The van der Waals surface area contributed by atoms with E-state index in [4.69, 9.17) is 27.6 Å². The monoisotopic (exact) mass is 517 g/mol. The van der Waals surface area contributed by atoms with Gasteiger partial charge in [0.15, 0.2) is 5.75 Å². The number of hydrogen-bond donors (Lipinski definition) is 0. The summed E-state index contributed by atoms with van der Waals surface area (Å²) in [5, 5.41) is -0.380. The number of benzene rings is 2. The lowest BCUT2D eigenvalue weighted by atomic mass is 10.2. The van der Waals surface area contributed by atoms with E-state index in [0.717, 1.165) is 4.31 Å². The van der Waals surface area contributed by atoms with Gasteiger partial charge in [-0.25, -0.2) is 17.1 Å². The van der Waals surface area contributed by atoms with Gasteiger partial charge in [-0.3, -0.25) is 0 Å². The summed E-state index contributed by atoms with van der Waals surface area (Å²) in [4.78, 5) is 7.96. The van der Waals surface area contributed by atoms with E-state index in [9.17, 15) is 12.8 Å². The molecule has 32 heavy (non-hydrogen) atoms. The number of aliphatic imine (C=N–C) groups is 2. The number of nitrogens with zero attached hydrogens (tertiary/aromatic N) is 3. The maximum Gasteiger partial charge on any atom is 0.250 e. The number of sulfonamides is 1. The van der Waals surface area contributed by atoms with Gasteiger partial charge in [0.1, 0.15) is 27.4 Å². The molecule has 0 heterocycles. The summed E-state index contributed by atoms with van der Waals surface area (Å²) in [6.45, 7) is 10.0. The predicted octanol–water partition coefficient (Wildman–Crippen LogP) is 6.90. The second-order valence-corrected chi connectivity index (χ2v) is 16.4. The molecule has 11 heteroatoms. The SMILES string of the molecule is CN(C)S(=O)(=O)c1c(Cl)ccc(N=C=Nc2cccc(F)c2Cl)c1O[Si](C)(C)C(C)(C)C. The van der Waals surface area contributed by atoms with Crippen molar-refractivity contribution in [3.8, 4) is 5.75 Å². The lowest BCUT2D eigenvalue weighted by molar-refractivity contribution is 0.473. The average Bonchev–Trinajstić information content (AvgIpc) is 2.65. The zero-order chi connectivity index (χ0) is 24.5. The maximum atomic E-state index is 13.6. The molecule has 0 amide bonds. The number of rotatable bonds is 6. The molecule has 0 N–H and O–H groups in total. The van der Waals surface area contributed by atoms with Crippen LogP contribution in [0.15, 0.2) is 45.2 Å². The summed E-state index contributed by atoms with van der Waals surface area (Å²) >= 11 is 12.2. The largest absolute Gasteiger partial charge is 0.541 e. The second kappa shape index (κ2) is 9.63. The normalized spacial score (nSPS) is 12.5. The molecule has 2 rings (SSSR count). The van der Waals surface area contributed by atoms with Crippen molar-refractivity contribution in [3.05, 3.63) is 46.2 Å². The highest BCUT2D eigenvalue weighted by atomic mass is 35.5. The first-order chi connectivity index (χ1) is 14.6. The molecule has 0 aliphatic carbocycles. The van der Waals surface area contributed by atoms with Crippen LogP contribution in [-0.4, -0.2) is 41.1 Å². The zero-order valence-electron chi connectivity index (χ0n) is 19.0. The molecule has 0 atom stereocenters.